The monoisotopic (exact) mass is 493 g/mol. The molecule has 1 aromatic heterocycles. The average Bonchev–Trinajstić information content (AvgIpc) is 3.31. The van der Waals surface area contributed by atoms with Gasteiger partial charge in [-0.3, -0.25) is 4.57 Å². The van der Waals surface area contributed by atoms with E-state index >= 15 is 0 Å². The Labute approximate surface area is 209 Å². The summed E-state index contributed by atoms with van der Waals surface area (Å²) in [6, 6.07) is 14.5. The van der Waals surface area contributed by atoms with Crippen molar-refractivity contribution in [2.24, 2.45) is 0 Å². The number of hydrogen-bond acceptors (Lipinski definition) is 7. The van der Waals surface area contributed by atoms with E-state index in [9.17, 15) is 14.4 Å². The topological polar surface area (TPSA) is 99.1 Å². The van der Waals surface area contributed by atoms with Crippen LogP contribution >= 0.6 is 0 Å². The van der Waals surface area contributed by atoms with E-state index in [0.717, 1.165) is 11.1 Å². The largest absolute Gasteiger partial charge is 0.465 e. The van der Waals surface area contributed by atoms with Gasteiger partial charge in [0.2, 0.25) is 0 Å². The van der Waals surface area contributed by atoms with Crippen LogP contribution in [-0.4, -0.2) is 60.0 Å². The highest BCUT2D eigenvalue weighted by Gasteiger charge is 2.29. The van der Waals surface area contributed by atoms with Gasteiger partial charge in [-0.1, -0.05) is 36.4 Å². The third-order valence-electron chi connectivity index (χ3n) is 5.89. The Kier molecular flexibility index (Phi) is 7.30. The van der Waals surface area contributed by atoms with Gasteiger partial charge in [-0.05, 0) is 44.0 Å². The highest BCUT2D eigenvalue weighted by molar-refractivity contribution is 6.07. The Morgan fingerprint density at radius 2 is 1.78 bits per heavy atom. The number of methoxy groups -OCH3 is 1. The van der Waals surface area contributed by atoms with Crippen molar-refractivity contribution in [3.63, 3.8) is 0 Å². The second kappa shape index (κ2) is 10.4. The van der Waals surface area contributed by atoms with Gasteiger partial charge in [-0.2, -0.15) is 0 Å². The SMILES string of the molecule is COC(=O)c1ccc(C2CN(C(=O)OCc3ccccc3)CCN2)c2ccn(C(=O)OC(C)(C)C)c12. The maximum Gasteiger partial charge on any atom is 0.419 e. The Morgan fingerprint density at radius 1 is 1.03 bits per heavy atom. The number of esters is 1. The van der Waals surface area contributed by atoms with E-state index in [1.807, 2.05) is 36.4 Å². The number of rotatable bonds is 4. The van der Waals surface area contributed by atoms with Crippen molar-refractivity contribution < 1.29 is 28.6 Å². The molecule has 3 aromatic rings. The number of amides is 1. The zero-order valence-electron chi connectivity index (χ0n) is 20.9. The number of carbonyl (C=O) groups is 3. The highest BCUT2D eigenvalue weighted by atomic mass is 16.6. The van der Waals surface area contributed by atoms with Gasteiger partial charge in [0.25, 0.3) is 0 Å². The highest BCUT2D eigenvalue weighted by Crippen LogP contribution is 2.31. The van der Waals surface area contributed by atoms with E-state index in [-0.39, 0.29) is 24.3 Å². The van der Waals surface area contributed by atoms with Crippen LogP contribution in [0, 0.1) is 0 Å². The molecule has 0 bridgehead atoms. The quantitative estimate of drug-likeness (QED) is 0.422. The van der Waals surface area contributed by atoms with Gasteiger partial charge in [0.15, 0.2) is 0 Å². The predicted octanol–water partition coefficient (Wildman–Crippen LogP) is 4.49. The molecule has 9 nitrogen and oxygen atoms in total. The smallest absolute Gasteiger partial charge is 0.419 e. The standard InChI is InChI=1S/C27H31N3O6/c1-27(2,3)36-26(33)30-14-12-20-19(10-11-21(23(20)30)24(31)34-4)22-16-29(15-13-28-22)25(32)35-17-18-8-6-5-7-9-18/h5-12,14,22,28H,13,15-17H2,1-4H3. The van der Waals surface area contributed by atoms with Crippen molar-refractivity contribution in [3.8, 4) is 0 Å². The molecule has 2 aromatic carbocycles. The lowest BCUT2D eigenvalue weighted by Crippen LogP contribution is -2.48. The van der Waals surface area contributed by atoms with E-state index in [4.69, 9.17) is 14.2 Å². The normalized spacial score (nSPS) is 16.0. The van der Waals surface area contributed by atoms with E-state index < -0.39 is 17.7 Å². The van der Waals surface area contributed by atoms with Gasteiger partial charge < -0.3 is 24.4 Å². The summed E-state index contributed by atoms with van der Waals surface area (Å²) in [6.45, 7) is 6.98. The molecule has 0 spiro atoms. The van der Waals surface area contributed by atoms with Crippen molar-refractivity contribution in [1.82, 2.24) is 14.8 Å². The molecule has 1 unspecified atom stereocenters. The lowest BCUT2D eigenvalue weighted by atomic mass is 9.98. The molecular formula is C27H31N3O6. The molecule has 9 heteroatoms. The summed E-state index contributed by atoms with van der Waals surface area (Å²) in [6.07, 6.45) is 0.602. The lowest BCUT2D eigenvalue weighted by molar-refractivity contribution is 0.0544. The first-order valence-electron chi connectivity index (χ1n) is 11.8. The Bertz CT molecular complexity index is 1260. The van der Waals surface area contributed by atoms with Crippen LogP contribution in [-0.2, 0) is 20.8 Å². The first-order valence-corrected chi connectivity index (χ1v) is 11.8. The zero-order chi connectivity index (χ0) is 25.9. The molecule has 1 fully saturated rings. The minimum absolute atomic E-state index is 0.199. The fourth-order valence-electron chi connectivity index (χ4n) is 4.26. The van der Waals surface area contributed by atoms with Gasteiger partial charge >= 0.3 is 18.2 Å². The summed E-state index contributed by atoms with van der Waals surface area (Å²) in [5.41, 5.74) is 1.71. The average molecular weight is 494 g/mol. The van der Waals surface area contributed by atoms with Gasteiger partial charge in [0.05, 0.1) is 24.2 Å². The molecule has 190 valence electrons. The number of nitrogens with zero attached hydrogens (tertiary/aromatic N) is 2. The number of fused-ring (bicyclic) bond motifs is 1. The van der Waals surface area contributed by atoms with Crippen LogP contribution in [0.15, 0.2) is 54.7 Å². The first-order chi connectivity index (χ1) is 17.2. The third kappa shape index (κ3) is 5.52. The zero-order valence-corrected chi connectivity index (χ0v) is 20.9. The van der Waals surface area contributed by atoms with E-state index in [2.05, 4.69) is 5.32 Å². The number of benzene rings is 2. The minimum Gasteiger partial charge on any atom is -0.465 e. The number of ether oxygens (including phenoxy) is 3. The number of carbonyl (C=O) groups excluding carboxylic acids is 3. The van der Waals surface area contributed by atoms with Gasteiger partial charge in [-0.25, -0.2) is 14.4 Å². The second-order valence-electron chi connectivity index (χ2n) is 9.62. The van der Waals surface area contributed by atoms with Crippen molar-refractivity contribution in [1.29, 1.82) is 0 Å². The number of nitrogens with one attached hydrogen (secondary N) is 1. The van der Waals surface area contributed by atoms with Gasteiger partial charge in [0, 0.05) is 31.2 Å². The molecule has 0 aliphatic carbocycles. The minimum atomic E-state index is -0.706. The van der Waals surface area contributed by atoms with E-state index in [1.165, 1.54) is 11.7 Å². The van der Waals surface area contributed by atoms with Crippen LogP contribution in [0.5, 0.6) is 0 Å². The van der Waals surface area contributed by atoms with Crippen LogP contribution in [0.4, 0.5) is 9.59 Å². The maximum atomic E-state index is 12.9. The van der Waals surface area contributed by atoms with Crippen molar-refractivity contribution >= 4 is 29.1 Å². The van der Waals surface area contributed by atoms with Crippen LogP contribution in [0.2, 0.25) is 0 Å². The van der Waals surface area contributed by atoms with Crippen LogP contribution < -0.4 is 5.32 Å². The molecular weight excluding hydrogens is 462 g/mol. The first kappa shape index (κ1) is 25.2. The summed E-state index contributed by atoms with van der Waals surface area (Å²) in [5.74, 6) is -0.558. The van der Waals surface area contributed by atoms with Crippen molar-refractivity contribution in [2.45, 2.75) is 39.0 Å². The molecule has 1 atom stereocenters. The summed E-state index contributed by atoms with van der Waals surface area (Å²) in [4.78, 5) is 39.9. The molecule has 1 aliphatic heterocycles. The summed E-state index contributed by atoms with van der Waals surface area (Å²) < 4.78 is 17.3. The molecule has 4 rings (SSSR count). The molecule has 1 amide bonds. The lowest BCUT2D eigenvalue weighted by Gasteiger charge is -2.33. The molecule has 0 radical (unpaired) electrons. The van der Waals surface area contributed by atoms with E-state index in [1.54, 1.807) is 44.0 Å². The number of hydrogen-bond donors (Lipinski definition) is 1. The van der Waals surface area contributed by atoms with Gasteiger partial charge in [0.1, 0.15) is 12.2 Å². The summed E-state index contributed by atoms with van der Waals surface area (Å²) in [5, 5.41) is 4.13. The van der Waals surface area contributed by atoms with E-state index in [0.29, 0.717) is 30.5 Å². The Hall–Kier alpha value is -3.85. The second-order valence-corrected chi connectivity index (χ2v) is 9.62. The molecule has 2 heterocycles. The predicted molar refractivity (Wildman–Crippen MR) is 134 cm³/mol. The molecule has 1 aliphatic rings. The number of aromatic nitrogens is 1. The number of piperazine rings is 1. The Morgan fingerprint density at radius 3 is 2.47 bits per heavy atom. The van der Waals surface area contributed by atoms with Crippen LogP contribution in [0.1, 0.15) is 48.3 Å². The molecule has 0 saturated carbocycles. The van der Waals surface area contributed by atoms with Crippen molar-refractivity contribution in [3.05, 3.63) is 71.4 Å². The molecule has 36 heavy (non-hydrogen) atoms. The maximum absolute atomic E-state index is 12.9. The van der Waals surface area contributed by atoms with Crippen molar-refractivity contribution in [2.75, 3.05) is 26.7 Å². The molecule has 1 N–H and O–H groups in total. The van der Waals surface area contributed by atoms with Gasteiger partial charge in [-0.15, -0.1) is 0 Å². The third-order valence-corrected chi connectivity index (χ3v) is 5.89. The fourth-order valence-corrected chi connectivity index (χ4v) is 4.26. The summed E-state index contributed by atoms with van der Waals surface area (Å²) in [7, 11) is 1.30. The Balaban J connectivity index is 1.61. The van der Waals surface area contributed by atoms with Crippen LogP contribution in [0.25, 0.3) is 10.9 Å². The molecule has 1 saturated heterocycles. The van der Waals surface area contributed by atoms with Crippen LogP contribution in [0.3, 0.4) is 0 Å². The summed E-state index contributed by atoms with van der Waals surface area (Å²) >= 11 is 0. The fraction of sp³-hybridized carbons (Fsp3) is 0.370.